The van der Waals surface area contributed by atoms with Crippen LogP contribution < -0.4 is 5.32 Å². The fourth-order valence-corrected chi connectivity index (χ4v) is 5.52. The van der Waals surface area contributed by atoms with Gasteiger partial charge < -0.3 is 14.6 Å². The summed E-state index contributed by atoms with van der Waals surface area (Å²) in [5.74, 6) is 2.12. The molecule has 2 heterocycles. The van der Waals surface area contributed by atoms with Crippen molar-refractivity contribution < 1.29 is 14.1 Å². The van der Waals surface area contributed by atoms with E-state index >= 15 is 0 Å². The largest absolute Gasteiger partial charge is 0.377 e. The van der Waals surface area contributed by atoms with Crippen LogP contribution in [-0.2, 0) is 4.74 Å². The van der Waals surface area contributed by atoms with Crippen LogP contribution in [-0.4, -0.2) is 29.8 Å². The molecule has 0 spiro atoms. The first kappa shape index (κ1) is 17.0. The standard InChI is InChI=1S/C22H26N2O3/c1-13-17(19(24-27-13)15-9-3-2-4-10-15)22(25)23-20-16-11-12-26-21(16)18(20)14-7-5-6-8-14/h2-4,9-10,14,16,18,20-21H,5-8,11-12H2,1H3,(H,23,25)/t16-,18+,20+,21-/m1/s1. The molecule has 27 heavy (non-hydrogen) atoms. The fraction of sp³-hybridized carbons (Fsp3) is 0.545. The van der Waals surface area contributed by atoms with E-state index in [1.54, 1.807) is 0 Å². The number of aryl methyl sites for hydroxylation is 1. The molecule has 1 N–H and O–H groups in total. The number of rotatable bonds is 4. The normalized spacial score (nSPS) is 30.1. The molecule has 5 rings (SSSR count). The van der Waals surface area contributed by atoms with Crippen LogP contribution in [0.5, 0.6) is 0 Å². The number of carbonyl (C=O) groups excluding carboxylic acids is 1. The maximum Gasteiger partial charge on any atom is 0.257 e. The van der Waals surface area contributed by atoms with Gasteiger partial charge in [-0.2, -0.15) is 0 Å². The number of carbonyl (C=O) groups is 1. The number of ether oxygens (including phenoxy) is 1. The summed E-state index contributed by atoms with van der Waals surface area (Å²) in [7, 11) is 0. The van der Waals surface area contributed by atoms with Crippen molar-refractivity contribution in [3.63, 3.8) is 0 Å². The van der Waals surface area contributed by atoms with E-state index in [0.29, 0.717) is 40.9 Å². The molecule has 4 atom stereocenters. The second-order valence-corrected chi connectivity index (χ2v) is 8.24. The fourth-order valence-electron chi connectivity index (χ4n) is 5.52. The van der Waals surface area contributed by atoms with Gasteiger partial charge in [-0.15, -0.1) is 0 Å². The molecule has 142 valence electrons. The Balaban J connectivity index is 1.40. The molecule has 1 aromatic heterocycles. The van der Waals surface area contributed by atoms with Gasteiger partial charge in [-0.1, -0.05) is 61.2 Å². The van der Waals surface area contributed by atoms with Gasteiger partial charge in [-0.25, -0.2) is 0 Å². The highest BCUT2D eigenvalue weighted by atomic mass is 16.5. The third kappa shape index (κ3) is 2.80. The van der Waals surface area contributed by atoms with Crippen molar-refractivity contribution in [2.45, 2.75) is 51.2 Å². The zero-order chi connectivity index (χ0) is 18.4. The summed E-state index contributed by atoms with van der Waals surface area (Å²) in [4.78, 5) is 13.2. The number of hydrogen-bond donors (Lipinski definition) is 1. The van der Waals surface area contributed by atoms with Gasteiger partial charge in [0.05, 0.1) is 6.10 Å². The number of hydrogen-bond acceptors (Lipinski definition) is 4. The van der Waals surface area contributed by atoms with Gasteiger partial charge in [0.25, 0.3) is 5.91 Å². The Morgan fingerprint density at radius 2 is 1.93 bits per heavy atom. The van der Waals surface area contributed by atoms with Gasteiger partial charge in [0.2, 0.25) is 0 Å². The molecule has 1 amide bonds. The molecule has 2 aromatic rings. The molecule has 5 nitrogen and oxygen atoms in total. The third-order valence-electron chi connectivity index (χ3n) is 6.82. The van der Waals surface area contributed by atoms with Crippen molar-refractivity contribution in [1.82, 2.24) is 10.5 Å². The first-order chi connectivity index (χ1) is 13.2. The average Bonchev–Trinajstić information content (AvgIpc) is 3.41. The third-order valence-corrected chi connectivity index (χ3v) is 6.82. The lowest BCUT2D eigenvalue weighted by atomic mass is 9.61. The molecule has 0 unspecified atom stereocenters. The van der Waals surface area contributed by atoms with E-state index in [4.69, 9.17) is 9.26 Å². The van der Waals surface area contributed by atoms with Crippen LogP contribution in [0.2, 0.25) is 0 Å². The van der Waals surface area contributed by atoms with Crippen LogP contribution in [0.25, 0.3) is 11.3 Å². The van der Waals surface area contributed by atoms with Gasteiger partial charge in [0.1, 0.15) is 17.0 Å². The lowest BCUT2D eigenvalue weighted by Gasteiger charge is -2.50. The number of nitrogens with one attached hydrogen (secondary N) is 1. The second-order valence-electron chi connectivity index (χ2n) is 8.24. The molecule has 0 bridgehead atoms. The molecule has 3 aliphatic rings. The van der Waals surface area contributed by atoms with Gasteiger partial charge in [0, 0.05) is 30.0 Å². The summed E-state index contributed by atoms with van der Waals surface area (Å²) in [5, 5.41) is 7.51. The number of fused-ring (bicyclic) bond motifs is 1. The zero-order valence-corrected chi connectivity index (χ0v) is 15.7. The topological polar surface area (TPSA) is 64.4 Å². The first-order valence-corrected chi connectivity index (χ1v) is 10.2. The molecular weight excluding hydrogens is 340 g/mol. The van der Waals surface area contributed by atoms with Crippen LogP contribution in [0.15, 0.2) is 34.9 Å². The molecular formula is C22H26N2O3. The van der Waals surface area contributed by atoms with E-state index in [-0.39, 0.29) is 11.9 Å². The Kier molecular flexibility index (Phi) is 4.27. The van der Waals surface area contributed by atoms with Gasteiger partial charge in [0.15, 0.2) is 0 Å². The second kappa shape index (κ2) is 6.79. The van der Waals surface area contributed by atoms with Crippen molar-refractivity contribution in [2.24, 2.45) is 17.8 Å². The monoisotopic (exact) mass is 366 g/mol. The summed E-state index contributed by atoms with van der Waals surface area (Å²) in [6.45, 7) is 2.64. The van der Waals surface area contributed by atoms with Crippen molar-refractivity contribution in [1.29, 1.82) is 0 Å². The molecule has 5 heteroatoms. The van der Waals surface area contributed by atoms with Crippen molar-refractivity contribution >= 4 is 5.91 Å². The van der Waals surface area contributed by atoms with Crippen LogP contribution in [0.3, 0.4) is 0 Å². The lowest BCUT2D eigenvalue weighted by Crippen LogP contribution is -2.63. The number of benzene rings is 1. The van der Waals surface area contributed by atoms with Gasteiger partial charge >= 0.3 is 0 Å². The Hall–Kier alpha value is -2.14. The highest BCUT2D eigenvalue weighted by Crippen LogP contribution is 2.51. The Morgan fingerprint density at radius 1 is 1.15 bits per heavy atom. The van der Waals surface area contributed by atoms with Crippen molar-refractivity contribution in [3.8, 4) is 11.3 Å². The number of nitrogens with zero attached hydrogens (tertiary/aromatic N) is 1. The predicted octanol–water partition coefficient (Wildman–Crippen LogP) is 3.97. The zero-order valence-electron chi connectivity index (χ0n) is 15.7. The van der Waals surface area contributed by atoms with E-state index in [9.17, 15) is 4.79 Å². The van der Waals surface area contributed by atoms with E-state index in [1.165, 1.54) is 25.7 Å². The predicted molar refractivity (Wildman–Crippen MR) is 101 cm³/mol. The molecule has 0 radical (unpaired) electrons. The van der Waals surface area contributed by atoms with E-state index in [0.717, 1.165) is 18.6 Å². The van der Waals surface area contributed by atoms with Crippen LogP contribution >= 0.6 is 0 Å². The molecule has 1 saturated heterocycles. The van der Waals surface area contributed by atoms with E-state index in [2.05, 4.69) is 10.5 Å². The highest BCUT2D eigenvalue weighted by Gasteiger charge is 2.57. The van der Waals surface area contributed by atoms with Crippen LogP contribution in [0, 0.1) is 24.7 Å². The molecule has 1 aliphatic heterocycles. The Bertz CT molecular complexity index is 821. The quantitative estimate of drug-likeness (QED) is 0.889. The SMILES string of the molecule is Cc1onc(-c2ccccc2)c1C(=O)N[C@H]1[C@H]2CCO[C@H]2[C@H]1C1CCCC1. The summed E-state index contributed by atoms with van der Waals surface area (Å²) in [5.41, 5.74) is 2.10. The number of aromatic nitrogens is 1. The molecule has 2 aliphatic carbocycles. The smallest absolute Gasteiger partial charge is 0.257 e. The minimum absolute atomic E-state index is 0.0639. The minimum atomic E-state index is -0.0639. The van der Waals surface area contributed by atoms with Gasteiger partial charge in [-0.3, -0.25) is 4.79 Å². The van der Waals surface area contributed by atoms with E-state index in [1.807, 2.05) is 37.3 Å². The minimum Gasteiger partial charge on any atom is -0.377 e. The summed E-state index contributed by atoms with van der Waals surface area (Å²) in [6.07, 6.45) is 6.55. The summed E-state index contributed by atoms with van der Waals surface area (Å²) < 4.78 is 11.4. The Morgan fingerprint density at radius 3 is 2.70 bits per heavy atom. The molecule has 2 saturated carbocycles. The van der Waals surface area contributed by atoms with Gasteiger partial charge in [-0.05, 0) is 19.3 Å². The highest BCUT2D eigenvalue weighted by molar-refractivity contribution is 6.01. The van der Waals surface area contributed by atoms with E-state index < -0.39 is 0 Å². The average molecular weight is 366 g/mol. The van der Waals surface area contributed by atoms with Crippen molar-refractivity contribution in [3.05, 3.63) is 41.7 Å². The molecule has 1 aromatic carbocycles. The lowest BCUT2D eigenvalue weighted by molar-refractivity contribution is -0.0784. The molecule has 3 fully saturated rings. The Labute approximate surface area is 159 Å². The van der Waals surface area contributed by atoms with Crippen LogP contribution in [0.4, 0.5) is 0 Å². The van der Waals surface area contributed by atoms with Crippen molar-refractivity contribution in [2.75, 3.05) is 6.61 Å². The van der Waals surface area contributed by atoms with Crippen LogP contribution in [0.1, 0.15) is 48.2 Å². The first-order valence-electron chi connectivity index (χ1n) is 10.2. The summed E-state index contributed by atoms with van der Waals surface area (Å²) in [6, 6.07) is 9.98. The number of amides is 1. The maximum absolute atomic E-state index is 13.2. The maximum atomic E-state index is 13.2. The summed E-state index contributed by atoms with van der Waals surface area (Å²) >= 11 is 0.